The number of hydrogen-bond donors (Lipinski definition) is 0. The van der Waals surface area contributed by atoms with Gasteiger partial charge in [0.05, 0.1) is 18.1 Å². The summed E-state index contributed by atoms with van der Waals surface area (Å²) in [6.45, 7) is 7.36. The number of Topliss-reactive ketones (excluding diaryl/α,β-unsaturated/α-hetero) is 1. The first-order chi connectivity index (χ1) is 6.29. The van der Waals surface area contributed by atoms with Crippen LogP contribution in [-0.4, -0.2) is 29.9 Å². The maximum absolute atomic E-state index is 11.5. The van der Waals surface area contributed by atoms with E-state index in [9.17, 15) is 9.59 Å². The second-order valence-corrected chi connectivity index (χ2v) is 5.48. The Hall–Kier alpha value is -0.510. The van der Waals surface area contributed by atoms with E-state index < -0.39 is 0 Å². The highest BCUT2D eigenvalue weighted by Gasteiger charge is 2.23. The number of rotatable bonds is 4. The average Bonchev–Trinajstić information content (AvgIpc) is 2.10. The van der Waals surface area contributed by atoms with Gasteiger partial charge in [0.25, 0.3) is 0 Å². The lowest BCUT2D eigenvalue weighted by Gasteiger charge is -2.17. The van der Waals surface area contributed by atoms with Crippen molar-refractivity contribution in [3.8, 4) is 0 Å². The van der Waals surface area contributed by atoms with Crippen molar-refractivity contribution < 1.29 is 14.3 Å². The molecule has 4 heteroatoms. The maximum atomic E-state index is 11.5. The third-order valence-electron chi connectivity index (χ3n) is 1.83. The summed E-state index contributed by atoms with van der Waals surface area (Å²) in [4.78, 5) is 22.5. The summed E-state index contributed by atoms with van der Waals surface area (Å²) in [6, 6.07) is 0. The minimum absolute atomic E-state index is 0.151. The summed E-state index contributed by atoms with van der Waals surface area (Å²) < 4.78 is 4.56. The predicted octanol–water partition coefficient (Wildman–Crippen LogP) is 1.90. The lowest BCUT2D eigenvalue weighted by Crippen LogP contribution is -2.24. The molecule has 0 aromatic carbocycles. The van der Waals surface area contributed by atoms with Crippen LogP contribution in [0.1, 0.15) is 27.7 Å². The Morgan fingerprint density at radius 1 is 1.36 bits per heavy atom. The molecule has 0 unspecified atom stereocenters. The van der Waals surface area contributed by atoms with Crippen LogP contribution in [-0.2, 0) is 14.3 Å². The molecule has 0 N–H and O–H groups in total. The second-order valence-electron chi connectivity index (χ2n) is 4.15. The van der Waals surface area contributed by atoms with E-state index in [1.807, 2.05) is 20.8 Å². The molecule has 0 fully saturated rings. The Kier molecular flexibility index (Phi) is 5.19. The Bertz CT molecular complexity index is 218. The highest BCUT2D eigenvalue weighted by molar-refractivity contribution is 8.01. The Morgan fingerprint density at radius 2 is 1.86 bits per heavy atom. The molecule has 3 nitrogen and oxygen atoms in total. The van der Waals surface area contributed by atoms with E-state index in [0.29, 0.717) is 5.75 Å². The molecule has 0 saturated carbocycles. The summed E-state index contributed by atoms with van der Waals surface area (Å²) in [6.07, 6.45) is 0. The smallest absolute Gasteiger partial charge is 0.318 e. The van der Waals surface area contributed by atoms with E-state index in [2.05, 4.69) is 4.74 Å². The number of thioether (sulfide) groups is 1. The molecule has 0 spiro atoms. The van der Waals surface area contributed by atoms with Crippen LogP contribution in [0.2, 0.25) is 0 Å². The van der Waals surface area contributed by atoms with Crippen molar-refractivity contribution >= 4 is 23.5 Å². The fourth-order valence-electron chi connectivity index (χ4n) is 0.651. The van der Waals surface area contributed by atoms with Crippen molar-refractivity contribution in [1.82, 2.24) is 0 Å². The molecule has 0 bridgehead atoms. The van der Waals surface area contributed by atoms with Crippen LogP contribution >= 0.6 is 11.8 Å². The molecule has 14 heavy (non-hydrogen) atoms. The van der Waals surface area contributed by atoms with E-state index in [0.717, 1.165) is 0 Å². The largest absolute Gasteiger partial charge is 0.468 e. The summed E-state index contributed by atoms with van der Waals surface area (Å²) in [5.41, 5.74) is -0.331. The highest BCUT2D eigenvalue weighted by atomic mass is 32.2. The van der Waals surface area contributed by atoms with Gasteiger partial charge in [-0.05, 0) is 6.92 Å². The topological polar surface area (TPSA) is 43.4 Å². The van der Waals surface area contributed by atoms with E-state index in [1.165, 1.54) is 18.9 Å². The molecule has 0 aliphatic rings. The van der Waals surface area contributed by atoms with Gasteiger partial charge in [-0.15, -0.1) is 11.8 Å². The van der Waals surface area contributed by atoms with Crippen LogP contribution in [0.4, 0.5) is 0 Å². The molecule has 0 radical (unpaired) electrons. The zero-order chi connectivity index (χ0) is 11.4. The van der Waals surface area contributed by atoms with E-state index >= 15 is 0 Å². The third-order valence-corrected chi connectivity index (χ3v) is 2.96. The van der Waals surface area contributed by atoms with Crippen LogP contribution in [0.15, 0.2) is 0 Å². The average molecular weight is 218 g/mol. The van der Waals surface area contributed by atoms with Gasteiger partial charge >= 0.3 is 5.97 Å². The van der Waals surface area contributed by atoms with Crippen molar-refractivity contribution in [2.24, 2.45) is 5.41 Å². The van der Waals surface area contributed by atoms with Gasteiger partial charge in [-0.25, -0.2) is 0 Å². The maximum Gasteiger partial charge on any atom is 0.318 e. The van der Waals surface area contributed by atoms with Gasteiger partial charge in [0.1, 0.15) is 5.78 Å². The number of carbonyl (C=O) groups excluding carboxylic acids is 2. The fourth-order valence-corrected chi connectivity index (χ4v) is 1.72. The first kappa shape index (κ1) is 13.5. The molecule has 0 saturated heterocycles. The number of hydrogen-bond acceptors (Lipinski definition) is 4. The molecule has 1 atom stereocenters. The van der Waals surface area contributed by atoms with Crippen molar-refractivity contribution in [3.05, 3.63) is 0 Å². The first-order valence-corrected chi connectivity index (χ1v) is 5.56. The molecular weight excluding hydrogens is 200 g/mol. The molecule has 0 aromatic rings. The molecule has 0 amide bonds. The zero-order valence-electron chi connectivity index (χ0n) is 9.42. The molecule has 82 valence electrons. The lowest BCUT2D eigenvalue weighted by molar-refractivity contribution is -0.139. The van der Waals surface area contributed by atoms with Crippen LogP contribution < -0.4 is 0 Å². The summed E-state index contributed by atoms with van der Waals surface area (Å²) in [5.74, 6) is 0.231. The van der Waals surface area contributed by atoms with Gasteiger partial charge in [0, 0.05) is 5.41 Å². The summed E-state index contributed by atoms with van der Waals surface area (Å²) in [7, 11) is 1.35. The predicted molar refractivity (Wildman–Crippen MR) is 58.4 cm³/mol. The van der Waals surface area contributed by atoms with Crippen LogP contribution in [0.5, 0.6) is 0 Å². The molecule has 0 aromatic heterocycles. The number of carbonyl (C=O) groups is 2. The number of ether oxygens (including phenoxy) is 1. The quantitative estimate of drug-likeness (QED) is 0.676. The van der Waals surface area contributed by atoms with Crippen molar-refractivity contribution in [3.63, 3.8) is 0 Å². The lowest BCUT2D eigenvalue weighted by atomic mass is 9.92. The minimum Gasteiger partial charge on any atom is -0.468 e. The van der Waals surface area contributed by atoms with Gasteiger partial charge in [-0.3, -0.25) is 9.59 Å². The van der Waals surface area contributed by atoms with E-state index in [1.54, 1.807) is 6.92 Å². The molecule has 0 rings (SSSR count). The van der Waals surface area contributed by atoms with Crippen LogP contribution in [0.25, 0.3) is 0 Å². The Balaban J connectivity index is 3.96. The van der Waals surface area contributed by atoms with Crippen LogP contribution in [0, 0.1) is 5.41 Å². The van der Waals surface area contributed by atoms with E-state index in [-0.39, 0.29) is 22.4 Å². The summed E-state index contributed by atoms with van der Waals surface area (Å²) in [5, 5.41) is -0.272. The number of ketones is 1. The molecule has 0 aliphatic carbocycles. The van der Waals surface area contributed by atoms with Gasteiger partial charge in [0.15, 0.2) is 0 Å². The van der Waals surface area contributed by atoms with Crippen molar-refractivity contribution in [1.29, 1.82) is 0 Å². The SMILES string of the molecule is COC(=O)[C@@H](C)SCC(=O)C(C)(C)C. The monoisotopic (exact) mass is 218 g/mol. The molecular formula is C10H18O3S. The minimum atomic E-state index is -0.331. The van der Waals surface area contributed by atoms with Gasteiger partial charge in [-0.1, -0.05) is 20.8 Å². The Morgan fingerprint density at radius 3 is 2.21 bits per heavy atom. The third kappa shape index (κ3) is 4.65. The Labute approximate surface area is 89.6 Å². The van der Waals surface area contributed by atoms with E-state index in [4.69, 9.17) is 0 Å². The summed E-state index contributed by atoms with van der Waals surface area (Å²) >= 11 is 1.32. The number of methoxy groups -OCH3 is 1. The standard InChI is InChI=1S/C10H18O3S/c1-7(9(12)13-5)14-6-8(11)10(2,3)4/h7H,6H2,1-5H3/t7-/m1/s1. The van der Waals surface area contributed by atoms with Gasteiger partial charge in [-0.2, -0.15) is 0 Å². The van der Waals surface area contributed by atoms with Gasteiger partial charge in [0.2, 0.25) is 0 Å². The zero-order valence-corrected chi connectivity index (χ0v) is 10.2. The van der Waals surface area contributed by atoms with Gasteiger partial charge < -0.3 is 4.74 Å². The van der Waals surface area contributed by atoms with Crippen molar-refractivity contribution in [2.45, 2.75) is 32.9 Å². The fraction of sp³-hybridized carbons (Fsp3) is 0.800. The molecule has 0 aliphatic heterocycles. The molecule has 0 heterocycles. The first-order valence-electron chi connectivity index (χ1n) is 4.51. The van der Waals surface area contributed by atoms with Crippen LogP contribution in [0.3, 0.4) is 0 Å². The van der Waals surface area contributed by atoms with Crippen molar-refractivity contribution in [2.75, 3.05) is 12.9 Å². The number of esters is 1. The normalized spacial score (nSPS) is 13.5. The highest BCUT2D eigenvalue weighted by Crippen LogP contribution is 2.20. The second kappa shape index (κ2) is 5.39.